The molecule has 0 saturated carbocycles. The summed E-state index contributed by atoms with van der Waals surface area (Å²) in [5.41, 5.74) is 2.36. The standard InChI is InChI=1S/C14H14N2O.C2H6/c1-9-10-5-3-4-6-11(10)13(17)14(9,2)12-7-15-8-16-12;1-2/h3-9H,1-2H3,(H,15,16);1-2H3. The van der Waals surface area contributed by atoms with Crippen molar-refractivity contribution in [1.82, 2.24) is 9.97 Å². The molecule has 1 aliphatic rings. The Bertz CT molecular complexity index is 574. The van der Waals surface area contributed by atoms with Crippen LogP contribution in [-0.2, 0) is 5.41 Å². The summed E-state index contributed by atoms with van der Waals surface area (Å²) in [6.07, 6.45) is 3.38. The fourth-order valence-electron chi connectivity index (χ4n) is 2.76. The number of carbonyl (C=O) groups excluding carboxylic acids is 1. The van der Waals surface area contributed by atoms with Gasteiger partial charge in [0.05, 0.1) is 11.7 Å². The molecule has 1 N–H and O–H groups in total. The van der Waals surface area contributed by atoms with Gasteiger partial charge in [-0.15, -0.1) is 0 Å². The molecule has 1 aliphatic carbocycles. The zero-order valence-corrected chi connectivity index (χ0v) is 11.9. The van der Waals surface area contributed by atoms with Crippen molar-refractivity contribution in [2.75, 3.05) is 0 Å². The number of nitrogens with zero attached hydrogens (tertiary/aromatic N) is 1. The van der Waals surface area contributed by atoms with Crippen molar-refractivity contribution in [2.24, 2.45) is 0 Å². The fraction of sp³-hybridized carbons (Fsp3) is 0.375. The molecule has 19 heavy (non-hydrogen) atoms. The lowest BCUT2D eigenvalue weighted by Crippen LogP contribution is -2.32. The van der Waals surface area contributed by atoms with Crippen LogP contribution in [0.4, 0.5) is 0 Å². The quantitative estimate of drug-likeness (QED) is 0.845. The van der Waals surface area contributed by atoms with Gasteiger partial charge in [-0.1, -0.05) is 45.0 Å². The van der Waals surface area contributed by atoms with E-state index in [4.69, 9.17) is 0 Å². The molecule has 1 aromatic carbocycles. The molecule has 2 aromatic rings. The number of nitrogens with one attached hydrogen (secondary N) is 1. The largest absolute Gasteiger partial charge is 0.348 e. The molecular weight excluding hydrogens is 236 g/mol. The first-order chi connectivity index (χ1) is 9.15. The van der Waals surface area contributed by atoms with Gasteiger partial charge in [-0.25, -0.2) is 4.98 Å². The molecule has 1 heterocycles. The molecule has 0 fully saturated rings. The molecule has 0 bridgehead atoms. The average Bonchev–Trinajstić information content (AvgIpc) is 3.06. The Hall–Kier alpha value is -1.90. The summed E-state index contributed by atoms with van der Waals surface area (Å²) < 4.78 is 0. The maximum Gasteiger partial charge on any atom is 0.175 e. The third-order valence-corrected chi connectivity index (χ3v) is 4.07. The molecular formula is C16H20N2O. The molecule has 0 saturated heterocycles. The van der Waals surface area contributed by atoms with Crippen LogP contribution in [0, 0.1) is 0 Å². The highest BCUT2D eigenvalue weighted by molar-refractivity contribution is 6.08. The normalized spacial score (nSPS) is 24.6. The Morgan fingerprint density at radius 2 is 1.95 bits per heavy atom. The minimum Gasteiger partial charge on any atom is -0.348 e. The predicted octanol–water partition coefficient (Wildman–Crippen LogP) is 3.69. The van der Waals surface area contributed by atoms with Crippen LogP contribution in [0.5, 0.6) is 0 Å². The molecule has 2 atom stereocenters. The van der Waals surface area contributed by atoms with Crippen molar-refractivity contribution < 1.29 is 4.79 Å². The van der Waals surface area contributed by atoms with E-state index in [1.165, 1.54) is 0 Å². The predicted molar refractivity (Wildman–Crippen MR) is 76.5 cm³/mol. The van der Waals surface area contributed by atoms with E-state index >= 15 is 0 Å². The highest BCUT2D eigenvalue weighted by Gasteiger charge is 2.49. The second-order valence-electron chi connectivity index (χ2n) is 4.81. The Morgan fingerprint density at radius 3 is 2.53 bits per heavy atom. The minimum atomic E-state index is -0.514. The molecule has 3 nitrogen and oxygen atoms in total. The lowest BCUT2D eigenvalue weighted by Gasteiger charge is -2.26. The van der Waals surface area contributed by atoms with Gasteiger partial charge in [0.15, 0.2) is 5.78 Å². The molecule has 1 aromatic heterocycles. The number of benzene rings is 1. The van der Waals surface area contributed by atoms with Gasteiger partial charge in [0.25, 0.3) is 0 Å². The third kappa shape index (κ3) is 1.81. The molecule has 0 radical (unpaired) electrons. The average molecular weight is 256 g/mol. The van der Waals surface area contributed by atoms with E-state index in [-0.39, 0.29) is 11.7 Å². The van der Waals surface area contributed by atoms with Crippen molar-refractivity contribution in [2.45, 2.75) is 39.0 Å². The van der Waals surface area contributed by atoms with Crippen molar-refractivity contribution in [1.29, 1.82) is 0 Å². The molecule has 0 aliphatic heterocycles. The van der Waals surface area contributed by atoms with E-state index in [0.717, 1.165) is 16.8 Å². The van der Waals surface area contributed by atoms with Crippen molar-refractivity contribution in [3.05, 3.63) is 53.6 Å². The van der Waals surface area contributed by atoms with Gasteiger partial charge in [0.1, 0.15) is 0 Å². The van der Waals surface area contributed by atoms with Gasteiger partial charge >= 0.3 is 0 Å². The molecule has 100 valence electrons. The number of ketones is 1. The summed E-state index contributed by atoms with van der Waals surface area (Å²) >= 11 is 0. The first-order valence-corrected chi connectivity index (χ1v) is 6.78. The topological polar surface area (TPSA) is 45.8 Å². The summed E-state index contributed by atoms with van der Waals surface area (Å²) in [7, 11) is 0. The van der Waals surface area contributed by atoms with Crippen LogP contribution in [0.1, 0.15) is 55.2 Å². The zero-order chi connectivity index (χ0) is 14.0. The number of fused-ring (bicyclic) bond motifs is 1. The first-order valence-electron chi connectivity index (χ1n) is 6.78. The van der Waals surface area contributed by atoms with Gasteiger partial charge in [0, 0.05) is 17.5 Å². The summed E-state index contributed by atoms with van der Waals surface area (Å²) in [5, 5.41) is 0. The van der Waals surface area contributed by atoms with E-state index < -0.39 is 5.41 Å². The smallest absolute Gasteiger partial charge is 0.175 e. The van der Waals surface area contributed by atoms with E-state index in [9.17, 15) is 4.79 Å². The highest BCUT2D eigenvalue weighted by Crippen LogP contribution is 2.47. The summed E-state index contributed by atoms with van der Waals surface area (Å²) in [5.74, 6) is 0.358. The van der Waals surface area contributed by atoms with E-state index in [2.05, 4.69) is 16.9 Å². The Labute approximate surface area is 114 Å². The lowest BCUT2D eigenvalue weighted by molar-refractivity contribution is 0.0898. The fourth-order valence-corrected chi connectivity index (χ4v) is 2.76. The molecule has 2 unspecified atom stereocenters. The number of aromatic amines is 1. The highest BCUT2D eigenvalue weighted by atomic mass is 16.1. The molecule has 3 heteroatoms. The number of aromatic nitrogens is 2. The number of carbonyl (C=O) groups is 1. The maximum atomic E-state index is 12.6. The Morgan fingerprint density at radius 1 is 1.26 bits per heavy atom. The van der Waals surface area contributed by atoms with Crippen molar-refractivity contribution in [3.63, 3.8) is 0 Å². The number of rotatable bonds is 1. The third-order valence-electron chi connectivity index (χ3n) is 4.07. The molecule has 3 rings (SSSR count). The second-order valence-corrected chi connectivity index (χ2v) is 4.81. The number of H-pyrrole nitrogens is 1. The van der Waals surface area contributed by atoms with Gasteiger partial charge in [-0.2, -0.15) is 0 Å². The van der Waals surface area contributed by atoms with E-state index in [1.807, 2.05) is 45.0 Å². The monoisotopic (exact) mass is 256 g/mol. The van der Waals surface area contributed by atoms with Crippen LogP contribution in [0.15, 0.2) is 36.8 Å². The number of Topliss-reactive ketones (excluding diaryl/α,β-unsaturated/α-hetero) is 1. The minimum absolute atomic E-state index is 0.173. The van der Waals surface area contributed by atoms with Crippen LogP contribution in [0.25, 0.3) is 0 Å². The zero-order valence-electron chi connectivity index (χ0n) is 11.9. The summed E-state index contributed by atoms with van der Waals surface area (Å²) in [6, 6.07) is 7.86. The van der Waals surface area contributed by atoms with Gasteiger partial charge in [-0.05, 0) is 18.4 Å². The number of hydrogen-bond donors (Lipinski definition) is 1. The van der Waals surface area contributed by atoms with Gasteiger partial charge < -0.3 is 4.98 Å². The second kappa shape index (κ2) is 5.00. The van der Waals surface area contributed by atoms with Crippen LogP contribution in [0.2, 0.25) is 0 Å². The maximum absolute atomic E-state index is 12.6. The van der Waals surface area contributed by atoms with Crippen molar-refractivity contribution in [3.8, 4) is 0 Å². The molecule has 0 spiro atoms. The van der Waals surface area contributed by atoms with Crippen LogP contribution < -0.4 is 0 Å². The molecule has 0 amide bonds. The first kappa shape index (κ1) is 13.5. The Balaban J connectivity index is 0.000000637. The van der Waals surface area contributed by atoms with Crippen LogP contribution in [-0.4, -0.2) is 15.8 Å². The lowest BCUT2D eigenvalue weighted by atomic mass is 9.76. The van der Waals surface area contributed by atoms with Gasteiger partial charge in [-0.3, -0.25) is 4.79 Å². The summed E-state index contributed by atoms with van der Waals surface area (Å²) in [4.78, 5) is 19.7. The SMILES string of the molecule is CC.CC1c2ccccc2C(=O)C1(C)c1cnc[nH]1. The summed E-state index contributed by atoms with van der Waals surface area (Å²) in [6.45, 7) is 8.10. The van der Waals surface area contributed by atoms with E-state index in [0.29, 0.717) is 0 Å². The number of hydrogen-bond acceptors (Lipinski definition) is 2. The van der Waals surface area contributed by atoms with Crippen LogP contribution in [0.3, 0.4) is 0 Å². The van der Waals surface area contributed by atoms with E-state index in [1.54, 1.807) is 12.5 Å². The van der Waals surface area contributed by atoms with Crippen molar-refractivity contribution >= 4 is 5.78 Å². The Kier molecular flexibility index (Phi) is 3.56. The van der Waals surface area contributed by atoms with Crippen LogP contribution >= 0.6 is 0 Å². The number of imidazole rings is 1. The van der Waals surface area contributed by atoms with Gasteiger partial charge in [0.2, 0.25) is 0 Å².